The summed E-state index contributed by atoms with van der Waals surface area (Å²) in [4.78, 5) is 23.8. The fourth-order valence-corrected chi connectivity index (χ4v) is 4.86. The molecule has 0 spiro atoms. The third kappa shape index (κ3) is 3.75. The second-order valence-corrected chi connectivity index (χ2v) is 8.12. The van der Waals surface area contributed by atoms with Crippen molar-refractivity contribution in [1.82, 2.24) is 9.80 Å². The Morgan fingerprint density at radius 1 is 1.31 bits per heavy atom. The summed E-state index contributed by atoms with van der Waals surface area (Å²) in [6.07, 6.45) is 2.70. The molecule has 0 aromatic heterocycles. The SMILES string of the molecule is CN(C[C@@H]1CCN(c2ccccc2)C1)C(=O)CC1=CSC2=NCCCN12. The molecule has 4 rings (SSSR count). The van der Waals surface area contributed by atoms with Crippen LogP contribution >= 0.6 is 11.8 Å². The van der Waals surface area contributed by atoms with Crippen LogP contribution in [0.1, 0.15) is 19.3 Å². The summed E-state index contributed by atoms with van der Waals surface area (Å²) < 4.78 is 0. The van der Waals surface area contributed by atoms with Gasteiger partial charge >= 0.3 is 0 Å². The van der Waals surface area contributed by atoms with E-state index in [9.17, 15) is 4.79 Å². The zero-order valence-corrected chi connectivity index (χ0v) is 16.1. The van der Waals surface area contributed by atoms with Crippen molar-refractivity contribution >= 4 is 28.5 Å². The first-order valence-corrected chi connectivity index (χ1v) is 10.3. The van der Waals surface area contributed by atoms with Gasteiger partial charge in [-0.15, -0.1) is 0 Å². The highest BCUT2D eigenvalue weighted by atomic mass is 32.2. The molecule has 0 N–H and O–H groups in total. The van der Waals surface area contributed by atoms with Crippen LogP contribution in [0.15, 0.2) is 46.4 Å². The molecule has 1 aromatic carbocycles. The van der Waals surface area contributed by atoms with E-state index in [1.54, 1.807) is 11.8 Å². The van der Waals surface area contributed by atoms with Gasteiger partial charge in [-0.2, -0.15) is 0 Å². The molecule has 1 amide bonds. The second-order valence-electron chi connectivity index (χ2n) is 7.28. The van der Waals surface area contributed by atoms with Crippen LogP contribution in [-0.4, -0.2) is 60.6 Å². The zero-order chi connectivity index (χ0) is 17.9. The van der Waals surface area contributed by atoms with E-state index in [0.717, 1.165) is 56.4 Å². The number of hydrogen-bond acceptors (Lipinski definition) is 5. The van der Waals surface area contributed by atoms with Crippen molar-refractivity contribution in [2.75, 3.05) is 44.7 Å². The lowest BCUT2D eigenvalue weighted by Gasteiger charge is -2.27. The number of benzene rings is 1. The average molecular weight is 371 g/mol. The van der Waals surface area contributed by atoms with Gasteiger partial charge in [0, 0.05) is 51.2 Å². The van der Waals surface area contributed by atoms with Crippen LogP contribution in [0.3, 0.4) is 0 Å². The van der Waals surface area contributed by atoms with E-state index in [1.165, 1.54) is 5.69 Å². The molecule has 3 heterocycles. The smallest absolute Gasteiger partial charge is 0.228 e. The third-order valence-electron chi connectivity index (χ3n) is 5.36. The normalized spacial score (nSPS) is 22.1. The Kier molecular flexibility index (Phi) is 5.20. The summed E-state index contributed by atoms with van der Waals surface area (Å²) in [6.45, 7) is 4.84. The Morgan fingerprint density at radius 2 is 2.15 bits per heavy atom. The number of amidine groups is 1. The van der Waals surface area contributed by atoms with Crippen molar-refractivity contribution in [2.45, 2.75) is 19.3 Å². The number of amides is 1. The molecule has 5 nitrogen and oxygen atoms in total. The predicted octanol–water partition coefficient (Wildman–Crippen LogP) is 3.01. The molecule has 0 unspecified atom stereocenters. The van der Waals surface area contributed by atoms with Crippen LogP contribution in [0.2, 0.25) is 0 Å². The van der Waals surface area contributed by atoms with Gasteiger partial charge in [0.15, 0.2) is 5.17 Å². The lowest BCUT2D eigenvalue weighted by atomic mass is 10.1. The minimum Gasteiger partial charge on any atom is -0.371 e. The second kappa shape index (κ2) is 7.74. The molecule has 3 aliphatic rings. The first-order chi connectivity index (χ1) is 12.7. The number of para-hydroxylation sites is 1. The molecule has 3 aliphatic heterocycles. The van der Waals surface area contributed by atoms with Crippen LogP contribution < -0.4 is 4.90 Å². The van der Waals surface area contributed by atoms with E-state index in [0.29, 0.717) is 12.3 Å². The largest absolute Gasteiger partial charge is 0.371 e. The Morgan fingerprint density at radius 3 is 3.00 bits per heavy atom. The van der Waals surface area contributed by atoms with Gasteiger partial charge in [0.05, 0.1) is 6.42 Å². The summed E-state index contributed by atoms with van der Waals surface area (Å²) in [7, 11) is 1.95. The fourth-order valence-electron chi connectivity index (χ4n) is 3.91. The van der Waals surface area contributed by atoms with Gasteiger partial charge in [-0.3, -0.25) is 9.79 Å². The van der Waals surface area contributed by atoms with Crippen LogP contribution in [0.4, 0.5) is 5.69 Å². The van der Waals surface area contributed by atoms with E-state index in [4.69, 9.17) is 0 Å². The maximum atomic E-state index is 12.7. The molecule has 1 atom stereocenters. The third-order valence-corrected chi connectivity index (χ3v) is 6.31. The molecule has 1 saturated heterocycles. The van der Waals surface area contributed by atoms with Crippen LogP contribution in [0.25, 0.3) is 0 Å². The highest BCUT2D eigenvalue weighted by Crippen LogP contribution is 2.31. The van der Waals surface area contributed by atoms with Gasteiger partial charge in [0.1, 0.15) is 0 Å². The number of carbonyl (C=O) groups excluding carboxylic acids is 1. The van der Waals surface area contributed by atoms with Crippen molar-refractivity contribution in [1.29, 1.82) is 0 Å². The number of fused-ring (bicyclic) bond motifs is 1. The molecular formula is C20H26N4OS. The van der Waals surface area contributed by atoms with Crippen LogP contribution in [-0.2, 0) is 4.79 Å². The number of rotatable bonds is 5. The first-order valence-electron chi connectivity index (χ1n) is 9.42. The van der Waals surface area contributed by atoms with Gasteiger partial charge in [-0.05, 0) is 36.3 Å². The lowest BCUT2D eigenvalue weighted by molar-refractivity contribution is -0.129. The van der Waals surface area contributed by atoms with Crippen LogP contribution in [0.5, 0.6) is 0 Å². The number of aliphatic imine (C=N–C) groups is 1. The summed E-state index contributed by atoms with van der Waals surface area (Å²) in [5.74, 6) is 0.755. The van der Waals surface area contributed by atoms with Crippen molar-refractivity contribution in [2.24, 2.45) is 10.9 Å². The summed E-state index contributed by atoms with van der Waals surface area (Å²) in [5.41, 5.74) is 2.40. The highest BCUT2D eigenvalue weighted by molar-refractivity contribution is 8.16. The Labute approximate surface area is 159 Å². The molecule has 26 heavy (non-hydrogen) atoms. The predicted molar refractivity (Wildman–Crippen MR) is 108 cm³/mol. The monoisotopic (exact) mass is 370 g/mol. The standard InChI is InChI=1S/C20H26N4OS/c1-22(13-16-8-11-23(14-16)17-6-3-2-4-7-17)19(25)12-18-15-26-20-21-9-5-10-24(18)20/h2-4,6-7,15-16H,5,8-14H2,1H3/t16-/m0/s1. The quantitative estimate of drug-likeness (QED) is 0.799. The molecule has 0 aliphatic carbocycles. The molecule has 0 radical (unpaired) electrons. The van der Waals surface area contributed by atoms with Gasteiger partial charge in [-0.25, -0.2) is 0 Å². The maximum Gasteiger partial charge on any atom is 0.228 e. The summed E-state index contributed by atoms with van der Waals surface area (Å²) >= 11 is 1.66. The molecular weight excluding hydrogens is 344 g/mol. The number of thioether (sulfide) groups is 1. The Bertz CT molecular complexity index is 718. The number of hydrogen-bond donors (Lipinski definition) is 0. The molecule has 0 bridgehead atoms. The first kappa shape index (κ1) is 17.5. The van der Waals surface area contributed by atoms with Crippen LogP contribution in [0, 0.1) is 5.92 Å². The minimum absolute atomic E-state index is 0.210. The maximum absolute atomic E-state index is 12.7. The van der Waals surface area contributed by atoms with Crippen molar-refractivity contribution in [3.05, 3.63) is 41.4 Å². The highest BCUT2D eigenvalue weighted by Gasteiger charge is 2.29. The molecule has 138 valence electrons. The summed E-state index contributed by atoms with van der Waals surface area (Å²) in [6, 6.07) is 10.6. The van der Waals surface area contributed by atoms with Crippen molar-refractivity contribution in [3.63, 3.8) is 0 Å². The Hall–Kier alpha value is -1.95. The Balaban J connectivity index is 1.28. The van der Waals surface area contributed by atoms with E-state index in [2.05, 4.69) is 50.5 Å². The van der Waals surface area contributed by atoms with Crippen molar-refractivity contribution < 1.29 is 4.79 Å². The van der Waals surface area contributed by atoms with Gasteiger partial charge < -0.3 is 14.7 Å². The van der Waals surface area contributed by atoms with E-state index < -0.39 is 0 Å². The minimum atomic E-state index is 0.210. The van der Waals surface area contributed by atoms with E-state index >= 15 is 0 Å². The lowest BCUT2D eigenvalue weighted by Crippen LogP contribution is -2.36. The molecule has 1 fully saturated rings. The van der Waals surface area contributed by atoms with Crippen molar-refractivity contribution in [3.8, 4) is 0 Å². The molecule has 6 heteroatoms. The molecule has 1 aromatic rings. The van der Waals surface area contributed by atoms with Gasteiger partial charge in [0.25, 0.3) is 0 Å². The fraction of sp³-hybridized carbons (Fsp3) is 0.500. The zero-order valence-electron chi connectivity index (χ0n) is 15.3. The number of anilines is 1. The average Bonchev–Trinajstić information content (AvgIpc) is 3.30. The summed E-state index contributed by atoms with van der Waals surface area (Å²) in [5, 5.41) is 3.17. The van der Waals surface area contributed by atoms with Gasteiger partial charge in [0.2, 0.25) is 5.91 Å². The number of nitrogens with zero attached hydrogens (tertiary/aromatic N) is 4. The van der Waals surface area contributed by atoms with E-state index in [1.807, 2.05) is 11.9 Å². The van der Waals surface area contributed by atoms with E-state index in [-0.39, 0.29) is 5.91 Å². The topological polar surface area (TPSA) is 39.1 Å². The van der Waals surface area contributed by atoms with Gasteiger partial charge in [-0.1, -0.05) is 30.0 Å². The molecule has 0 saturated carbocycles. The number of carbonyl (C=O) groups is 1.